The minimum absolute atomic E-state index is 0.187. The number of benzene rings is 2. The zero-order valence-electron chi connectivity index (χ0n) is 18.9. The number of rotatable bonds is 5. The van der Waals surface area contributed by atoms with Crippen LogP contribution in [0, 0.1) is 6.92 Å². The summed E-state index contributed by atoms with van der Waals surface area (Å²) in [6, 6.07) is 13.7. The maximum absolute atomic E-state index is 13.1. The topological polar surface area (TPSA) is 101 Å². The summed E-state index contributed by atoms with van der Waals surface area (Å²) < 4.78 is 41.1. The largest absolute Gasteiger partial charge is 0.306 e. The van der Waals surface area contributed by atoms with Gasteiger partial charge in [0.2, 0.25) is 10.0 Å². The van der Waals surface area contributed by atoms with Gasteiger partial charge in [0, 0.05) is 35.0 Å². The summed E-state index contributed by atoms with van der Waals surface area (Å²) in [5.74, 6) is 0.826. The van der Waals surface area contributed by atoms with Gasteiger partial charge >= 0.3 is 0 Å². The molecule has 2 aromatic carbocycles. The van der Waals surface area contributed by atoms with Crippen LogP contribution in [0.4, 0.5) is 5.82 Å². The molecule has 2 aliphatic rings. The van der Waals surface area contributed by atoms with E-state index >= 15 is 0 Å². The van der Waals surface area contributed by atoms with Crippen molar-refractivity contribution in [2.45, 2.75) is 42.6 Å². The average Bonchev–Trinajstić information content (AvgIpc) is 3.36. The molecular weight excluding hydrogens is 472 g/mol. The smallest absolute Gasteiger partial charge is 0.256 e. The highest BCUT2D eigenvalue weighted by atomic mass is 32.2. The summed E-state index contributed by atoms with van der Waals surface area (Å²) in [4.78, 5) is 13.3. The summed E-state index contributed by atoms with van der Waals surface area (Å²) in [6.07, 6.45) is 2.77. The Morgan fingerprint density at radius 1 is 1.00 bits per heavy atom. The van der Waals surface area contributed by atoms with Crippen LogP contribution in [0.5, 0.6) is 0 Å². The van der Waals surface area contributed by atoms with Crippen molar-refractivity contribution in [2.75, 3.05) is 18.4 Å². The molecule has 178 valence electrons. The van der Waals surface area contributed by atoms with Crippen molar-refractivity contribution in [3.8, 4) is 5.69 Å². The quantitative estimate of drug-likeness (QED) is 0.581. The first-order valence-corrected chi connectivity index (χ1v) is 14.2. The lowest BCUT2D eigenvalue weighted by Crippen LogP contribution is -2.35. The van der Waals surface area contributed by atoms with Gasteiger partial charge in [-0.05, 0) is 55.7 Å². The maximum Gasteiger partial charge on any atom is 0.256 e. The monoisotopic (exact) mass is 498 g/mol. The third-order valence-corrected chi connectivity index (χ3v) is 9.43. The van der Waals surface area contributed by atoms with Crippen molar-refractivity contribution >= 4 is 32.5 Å². The molecule has 1 amide bonds. The first-order valence-electron chi connectivity index (χ1n) is 11.3. The predicted octanol–water partition coefficient (Wildman–Crippen LogP) is 3.37. The highest BCUT2D eigenvalue weighted by Crippen LogP contribution is 2.32. The number of piperidine rings is 1. The van der Waals surface area contributed by atoms with Gasteiger partial charge in [-0.3, -0.25) is 9.00 Å². The van der Waals surface area contributed by atoms with Crippen LogP contribution < -0.4 is 5.32 Å². The molecule has 1 fully saturated rings. The van der Waals surface area contributed by atoms with Crippen molar-refractivity contribution in [3.05, 3.63) is 70.9 Å². The normalized spacial score (nSPS) is 18.6. The highest BCUT2D eigenvalue weighted by Gasteiger charge is 2.29. The molecule has 34 heavy (non-hydrogen) atoms. The van der Waals surface area contributed by atoms with E-state index in [9.17, 15) is 17.4 Å². The Labute approximate surface area is 201 Å². The number of amides is 1. The number of anilines is 1. The molecule has 1 N–H and O–H groups in total. The predicted molar refractivity (Wildman–Crippen MR) is 131 cm³/mol. The summed E-state index contributed by atoms with van der Waals surface area (Å²) in [5, 5.41) is 7.58. The molecule has 0 spiro atoms. The molecular formula is C24H26N4O4S2. The van der Waals surface area contributed by atoms with Crippen LogP contribution in [0.2, 0.25) is 0 Å². The Hall–Kier alpha value is -2.82. The van der Waals surface area contributed by atoms with Gasteiger partial charge in [-0.15, -0.1) is 0 Å². The van der Waals surface area contributed by atoms with E-state index in [4.69, 9.17) is 0 Å². The highest BCUT2D eigenvalue weighted by molar-refractivity contribution is 7.89. The summed E-state index contributed by atoms with van der Waals surface area (Å²) in [6.45, 7) is 3.02. The van der Waals surface area contributed by atoms with E-state index < -0.39 is 20.8 Å². The number of nitrogens with one attached hydrogen (secondary N) is 1. The van der Waals surface area contributed by atoms with Gasteiger partial charge in [0.1, 0.15) is 5.82 Å². The molecule has 5 rings (SSSR count). The zero-order valence-corrected chi connectivity index (χ0v) is 20.5. The Kier molecular flexibility index (Phi) is 6.13. The number of carbonyl (C=O) groups is 1. The van der Waals surface area contributed by atoms with E-state index in [0.29, 0.717) is 36.0 Å². The zero-order chi connectivity index (χ0) is 23.9. The molecule has 1 unspecified atom stereocenters. The van der Waals surface area contributed by atoms with Crippen molar-refractivity contribution in [3.63, 3.8) is 0 Å². The Morgan fingerprint density at radius 2 is 1.71 bits per heavy atom. The van der Waals surface area contributed by atoms with E-state index in [1.807, 2.05) is 31.2 Å². The first-order chi connectivity index (χ1) is 16.3. The number of para-hydroxylation sites is 1. The molecule has 8 nitrogen and oxygen atoms in total. The van der Waals surface area contributed by atoms with Crippen molar-refractivity contribution in [1.82, 2.24) is 14.1 Å². The minimum atomic E-state index is -3.56. The van der Waals surface area contributed by atoms with Gasteiger partial charge in [0.15, 0.2) is 0 Å². The fraction of sp³-hybridized carbons (Fsp3) is 0.333. The third-order valence-electron chi connectivity index (χ3n) is 6.31. The lowest BCUT2D eigenvalue weighted by molar-refractivity contribution is 0.102. The molecule has 2 aliphatic heterocycles. The van der Waals surface area contributed by atoms with E-state index in [1.54, 1.807) is 4.68 Å². The van der Waals surface area contributed by atoms with Crippen LogP contribution in [0.3, 0.4) is 0 Å². The van der Waals surface area contributed by atoms with Crippen LogP contribution >= 0.6 is 0 Å². The SMILES string of the molecule is Cc1ccccc1-n1nc2c(c1NC(=O)c1ccc(S(=O)(=O)N3CCCCC3)cc1)CS(=O)C2. The van der Waals surface area contributed by atoms with Gasteiger partial charge in [-0.2, -0.15) is 9.40 Å². The summed E-state index contributed by atoms with van der Waals surface area (Å²) in [7, 11) is -4.60. The number of hydrogen-bond donors (Lipinski definition) is 1. The van der Waals surface area contributed by atoms with Gasteiger partial charge < -0.3 is 5.32 Å². The van der Waals surface area contributed by atoms with Crippen LogP contribution in [0.25, 0.3) is 5.69 Å². The third kappa shape index (κ3) is 4.21. The number of aromatic nitrogens is 2. The van der Waals surface area contributed by atoms with E-state index in [0.717, 1.165) is 41.8 Å². The summed E-state index contributed by atoms with van der Waals surface area (Å²) >= 11 is 0. The van der Waals surface area contributed by atoms with Crippen LogP contribution in [0.15, 0.2) is 53.4 Å². The number of carbonyl (C=O) groups excluding carboxylic acids is 1. The molecule has 0 bridgehead atoms. The van der Waals surface area contributed by atoms with E-state index in [2.05, 4.69) is 10.4 Å². The van der Waals surface area contributed by atoms with Crippen LogP contribution in [-0.2, 0) is 32.3 Å². The maximum atomic E-state index is 13.1. The molecule has 3 heterocycles. The van der Waals surface area contributed by atoms with Crippen LogP contribution in [-0.4, -0.2) is 45.7 Å². The van der Waals surface area contributed by atoms with Crippen molar-refractivity contribution in [2.24, 2.45) is 0 Å². The number of hydrogen-bond acceptors (Lipinski definition) is 5. The second-order valence-electron chi connectivity index (χ2n) is 8.64. The second-order valence-corrected chi connectivity index (χ2v) is 12.0. The van der Waals surface area contributed by atoms with Gasteiger partial charge in [0.05, 0.1) is 27.8 Å². The molecule has 0 radical (unpaired) electrons. The summed E-state index contributed by atoms with van der Waals surface area (Å²) in [5.41, 5.74) is 3.66. The minimum Gasteiger partial charge on any atom is -0.306 e. The Morgan fingerprint density at radius 3 is 2.41 bits per heavy atom. The molecule has 0 aliphatic carbocycles. The first kappa shape index (κ1) is 22.9. The Bertz CT molecular complexity index is 1370. The van der Waals surface area contributed by atoms with Crippen molar-refractivity contribution < 1.29 is 17.4 Å². The number of sulfonamides is 1. The Balaban J connectivity index is 1.43. The molecule has 1 atom stereocenters. The number of aryl methyl sites for hydroxylation is 1. The average molecular weight is 499 g/mol. The molecule has 10 heteroatoms. The van der Waals surface area contributed by atoms with Gasteiger partial charge in [-0.1, -0.05) is 24.6 Å². The van der Waals surface area contributed by atoms with Crippen molar-refractivity contribution in [1.29, 1.82) is 0 Å². The van der Waals surface area contributed by atoms with Gasteiger partial charge in [-0.25, -0.2) is 13.1 Å². The number of fused-ring (bicyclic) bond motifs is 1. The van der Waals surface area contributed by atoms with E-state index in [-0.39, 0.29) is 10.8 Å². The molecule has 0 saturated carbocycles. The lowest BCUT2D eigenvalue weighted by atomic mass is 10.2. The molecule has 1 saturated heterocycles. The lowest BCUT2D eigenvalue weighted by Gasteiger charge is -2.25. The fourth-order valence-corrected chi connectivity index (χ4v) is 7.23. The standard InChI is InChI=1S/C24H26N4O4S2/c1-17-7-3-4-8-22(17)28-23(20-15-33(30)16-21(20)26-28)25-24(29)18-9-11-19(12-10-18)34(31,32)27-13-5-2-6-14-27/h3-4,7-12H,2,5-6,13-16H2,1H3,(H,25,29). The van der Waals surface area contributed by atoms with E-state index in [1.165, 1.54) is 28.6 Å². The second kappa shape index (κ2) is 9.09. The molecule has 3 aromatic rings. The van der Waals surface area contributed by atoms with Crippen LogP contribution in [0.1, 0.15) is 46.4 Å². The molecule has 1 aromatic heterocycles. The number of nitrogens with zero attached hydrogens (tertiary/aromatic N) is 3. The fourth-order valence-electron chi connectivity index (χ4n) is 4.44. The van der Waals surface area contributed by atoms with Gasteiger partial charge in [0.25, 0.3) is 5.91 Å².